The number of benzene rings is 1. The summed E-state index contributed by atoms with van der Waals surface area (Å²) in [7, 11) is 1.54. The van der Waals surface area contributed by atoms with Gasteiger partial charge >= 0.3 is 6.03 Å². The van der Waals surface area contributed by atoms with E-state index in [1.54, 1.807) is 21.9 Å². The van der Waals surface area contributed by atoms with Gasteiger partial charge in [-0.25, -0.2) is 9.78 Å². The Kier molecular flexibility index (Phi) is 8.24. The first-order valence-electron chi connectivity index (χ1n) is 11.1. The molecule has 0 aliphatic carbocycles. The maximum atomic E-state index is 12.6. The molecule has 1 aromatic heterocycles. The first-order valence-corrected chi connectivity index (χ1v) is 11.1. The van der Waals surface area contributed by atoms with E-state index in [0.29, 0.717) is 44.0 Å². The molecule has 9 nitrogen and oxygen atoms in total. The van der Waals surface area contributed by atoms with Crippen LogP contribution < -0.4 is 15.4 Å². The Morgan fingerprint density at radius 2 is 1.75 bits per heavy atom. The van der Waals surface area contributed by atoms with Crippen molar-refractivity contribution in [2.75, 3.05) is 46.4 Å². The molecule has 2 aromatic rings. The van der Waals surface area contributed by atoms with Crippen LogP contribution in [0.3, 0.4) is 0 Å². The summed E-state index contributed by atoms with van der Waals surface area (Å²) in [5, 5.41) is 6.38. The Balaban J connectivity index is 1.47. The number of pyridine rings is 1. The highest BCUT2D eigenvalue weighted by Crippen LogP contribution is 2.24. The van der Waals surface area contributed by atoms with E-state index in [0.717, 1.165) is 24.6 Å². The van der Waals surface area contributed by atoms with Gasteiger partial charge in [-0.1, -0.05) is 31.9 Å². The van der Waals surface area contributed by atoms with Gasteiger partial charge in [0.1, 0.15) is 11.4 Å². The molecular weight excluding hydrogens is 410 g/mol. The molecule has 3 rings (SSSR count). The van der Waals surface area contributed by atoms with Gasteiger partial charge in [0.25, 0.3) is 5.91 Å². The largest absolute Gasteiger partial charge is 0.496 e. The lowest BCUT2D eigenvalue weighted by atomic mass is 10.1. The summed E-state index contributed by atoms with van der Waals surface area (Å²) >= 11 is 0. The lowest BCUT2D eigenvalue weighted by Crippen LogP contribution is -2.54. The smallest absolute Gasteiger partial charge is 0.317 e. The summed E-state index contributed by atoms with van der Waals surface area (Å²) in [4.78, 5) is 45.1. The average molecular weight is 442 g/mol. The Bertz CT molecular complexity index is 957. The number of hydrogen-bond acceptors (Lipinski definition) is 5. The molecule has 1 fully saturated rings. The standard InChI is InChI=1S/C23H31N5O4/c1-3-4-7-10-24-23(31)28-13-11-27(12-14-28)21(29)16-25-22(30)19-15-20(32-2)17-8-5-6-9-18(17)26-19/h5-6,8-9,15H,3-4,7,10-14,16H2,1-2H3,(H,24,31)(H,25,30). The highest BCUT2D eigenvalue weighted by atomic mass is 16.5. The Hall–Kier alpha value is -3.36. The minimum absolute atomic E-state index is 0.0853. The Labute approximate surface area is 188 Å². The minimum atomic E-state index is -0.438. The number of carbonyl (C=O) groups is 3. The number of para-hydroxylation sites is 1. The fourth-order valence-corrected chi connectivity index (χ4v) is 3.63. The maximum Gasteiger partial charge on any atom is 0.317 e. The normalized spacial score (nSPS) is 13.7. The molecule has 1 aliphatic heterocycles. The molecule has 0 spiro atoms. The minimum Gasteiger partial charge on any atom is -0.496 e. The van der Waals surface area contributed by atoms with Crippen LogP contribution in [0.5, 0.6) is 5.75 Å². The van der Waals surface area contributed by atoms with E-state index in [2.05, 4.69) is 22.5 Å². The van der Waals surface area contributed by atoms with Crippen molar-refractivity contribution in [2.45, 2.75) is 26.2 Å². The van der Waals surface area contributed by atoms with E-state index >= 15 is 0 Å². The predicted molar refractivity (Wildman–Crippen MR) is 122 cm³/mol. The van der Waals surface area contributed by atoms with Crippen LogP contribution in [0.2, 0.25) is 0 Å². The van der Waals surface area contributed by atoms with Gasteiger partial charge < -0.3 is 25.2 Å². The summed E-state index contributed by atoms with van der Waals surface area (Å²) in [5.74, 6) is -0.0715. The first-order chi connectivity index (χ1) is 15.5. The van der Waals surface area contributed by atoms with E-state index in [1.165, 1.54) is 7.11 Å². The molecule has 0 atom stereocenters. The number of carbonyl (C=O) groups excluding carboxylic acids is 3. The molecule has 1 aliphatic rings. The van der Waals surface area contributed by atoms with Crippen LogP contribution in [-0.2, 0) is 4.79 Å². The van der Waals surface area contributed by atoms with E-state index < -0.39 is 5.91 Å². The van der Waals surface area contributed by atoms with Crippen LogP contribution in [0.15, 0.2) is 30.3 Å². The molecule has 0 bridgehead atoms. The van der Waals surface area contributed by atoms with E-state index in [-0.39, 0.29) is 24.2 Å². The number of rotatable bonds is 8. The molecule has 2 N–H and O–H groups in total. The van der Waals surface area contributed by atoms with Gasteiger partial charge in [-0.2, -0.15) is 0 Å². The van der Waals surface area contributed by atoms with Crippen LogP contribution in [0.4, 0.5) is 4.79 Å². The molecule has 9 heteroatoms. The summed E-state index contributed by atoms with van der Waals surface area (Å²) in [6.45, 7) is 4.50. The number of ether oxygens (including phenoxy) is 1. The fraction of sp³-hybridized carbons (Fsp3) is 0.478. The van der Waals surface area contributed by atoms with Gasteiger partial charge in [0.15, 0.2) is 0 Å². The quantitative estimate of drug-likeness (QED) is 0.610. The number of nitrogens with one attached hydrogen (secondary N) is 2. The lowest BCUT2D eigenvalue weighted by Gasteiger charge is -2.34. The molecule has 4 amide bonds. The number of urea groups is 1. The molecule has 1 saturated heterocycles. The zero-order valence-electron chi connectivity index (χ0n) is 18.7. The summed E-state index contributed by atoms with van der Waals surface area (Å²) in [5.41, 5.74) is 0.838. The molecule has 0 radical (unpaired) electrons. The van der Waals surface area contributed by atoms with Crippen LogP contribution in [-0.4, -0.2) is 79.0 Å². The highest BCUT2D eigenvalue weighted by molar-refractivity contribution is 5.98. The SMILES string of the molecule is CCCCCNC(=O)N1CCN(C(=O)CNC(=O)c2cc(OC)c3ccccc3n2)CC1. The Morgan fingerprint density at radius 3 is 2.47 bits per heavy atom. The number of methoxy groups -OCH3 is 1. The molecule has 1 aromatic carbocycles. The Morgan fingerprint density at radius 1 is 1.03 bits per heavy atom. The van der Waals surface area contributed by atoms with E-state index in [1.807, 2.05) is 18.2 Å². The molecular formula is C23H31N5O4. The third-order valence-electron chi connectivity index (χ3n) is 5.51. The van der Waals surface area contributed by atoms with Crippen molar-refractivity contribution in [3.8, 4) is 5.75 Å². The van der Waals surface area contributed by atoms with Gasteiger partial charge in [-0.05, 0) is 18.6 Å². The van der Waals surface area contributed by atoms with Crippen molar-refractivity contribution >= 4 is 28.7 Å². The monoisotopic (exact) mass is 441 g/mol. The molecule has 0 saturated carbocycles. The average Bonchev–Trinajstić information content (AvgIpc) is 2.84. The zero-order chi connectivity index (χ0) is 22.9. The summed E-state index contributed by atoms with van der Waals surface area (Å²) in [6.07, 6.45) is 3.17. The number of hydrogen-bond donors (Lipinski definition) is 2. The van der Waals surface area contributed by atoms with Crippen molar-refractivity contribution in [3.63, 3.8) is 0 Å². The van der Waals surface area contributed by atoms with Crippen molar-refractivity contribution in [2.24, 2.45) is 0 Å². The molecule has 172 valence electrons. The van der Waals surface area contributed by atoms with Crippen molar-refractivity contribution in [1.82, 2.24) is 25.4 Å². The van der Waals surface area contributed by atoms with Gasteiger partial charge in [0.2, 0.25) is 5.91 Å². The van der Waals surface area contributed by atoms with Gasteiger partial charge in [-0.15, -0.1) is 0 Å². The number of aromatic nitrogens is 1. The maximum absolute atomic E-state index is 12.6. The summed E-state index contributed by atoms with van der Waals surface area (Å²) in [6, 6.07) is 8.88. The number of piperazine rings is 1. The first kappa shape index (κ1) is 23.3. The van der Waals surface area contributed by atoms with Crippen molar-refractivity contribution < 1.29 is 19.1 Å². The van der Waals surface area contributed by atoms with Crippen LogP contribution >= 0.6 is 0 Å². The third-order valence-corrected chi connectivity index (χ3v) is 5.51. The van der Waals surface area contributed by atoms with Crippen molar-refractivity contribution in [1.29, 1.82) is 0 Å². The predicted octanol–water partition coefficient (Wildman–Crippen LogP) is 2.02. The molecule has 32 heavy (non-hydrogen) atoms. The number of unbranched alkanes of at least 4 members (excludes halogenated alkanes) is 2. The second-order valence-electron chi connectivity index (χ2n) is 7.72. The van der Waals surface area contributed by atoms with Crippen LogP contribution in [0.1, 0.15) is 36.7 Å². The van der Waals surface area contributed by atoms with Gasteiger partial charge in [-0.3, -0.25) is 9.59 Å². The van der Waals surface area contributed by atoms with Gasteiger partial charge in [0, 0.05) is 44.2 Å². The number of nitrogens with zero attached hydrogens (tertiary/aromatic N) is 3. The number of fused-ring (bicyclic) bond motifs is 1. The topological polar surface area (TPSA) is 104 Å². The van der Waals surface area contributed by atoms with Crippen molar-refractivity contribution in [3.05, 3.63) is 36.0 Å². The molecule has 0 unspecified atom stereocenters. The van der Waals surface area contributed by atoms with Crippen LogP contribution in [0, 0.1) is 0 Å². The lowest BCUT2D eigenvalue weighted by molar-refractivity contribution is -0.131. The van der Waals surface area contributed by atoms with Crippen LogP contribution in [0.25, 0.3) is 10.9 Å². The molecule has 2 heterocycles. The summed E-state index contributed by atoms with van der Waals surface area (Å²) < 4.78 is 5.37. The van der Waals surface area contributed by atoms with E-state index in [9.17, 15) is 14.4 Å². The second-order valence-corrected chi connectivity index (χ2v) is 7.72. The van der Waals surface area contributed by atoms with Gasteiger partial charge in [0.05, 0.1) is 19.2 Å². The fourth-order valence-electron chi connectivity index (χ4n) is 3.63. The zero-order valence-corrected chi connectivity index (χ0v) is 18.7. The highest BCUT2D eigenvalue weighted by Gasteiger charge is 2.24. The third kappa shape index (κ3) is 5.87. The number of amides is 4. The van der Waals surface area contributed by atoms with E-state index in [4.69, 9.17) is 4.74 Å². The second kappa shape index (κ2) is 11.3.